The number of amides is 2. The SMILES string of the molecule is C[C@@H](CC#N)[C@H](NC(=O)Cc1ccc(F)cc1)C(N)=O. The van der Waals surface area contributed by atoms with Gasteiger partial charge < -0.3 is 11.1 Å². The molecular formula is C14H16FN3O2. The van der Waals surface area contributed by atoms with E-state index < -0.39 is 17.9 Å². The second-order valence-corrected chi connectivity index (χ2v) is 4.59. The molecule has 0 radical (unpaired) electrons. The van der Waals surface area contributed by atoms with Crippen LogP contribution in [0.25, 0.3) is 0 Å². The van der Waals surface area contributed by atoms with E-state index in [1.165, 1.54) is 24.3 Å². The van der Waals surface area contributed by atoms with Gasteiger partial charge in [-0.2, -0.15) is 5.26 Å². The fourth-order valence-electron chi connectivity index (χ4n) is 1.77. The average Bonchev–Trinajstić information content (AvgIpc) is 2.38. The summed E-state index contributed by atoms with van der Waals surface area (Å²) < 4.78 is 12.7. The molecule has 20 heavy (non-hydrogen) atoms. The Morgan fingerprint density at radius 1 is 1.40 bits per heavy atom. The Kier molecular flexibility index (Phi) is 5.66. The van der Waals surface area contributed by atoms with Crippen molar-refractivity contribution in [3.63, 3.8) is 0 Å². The minimum absolute atomic E-state index is 0.0172. The maximum Gasteiger partial charge on any atom is 0.240 e. The van der Waals surface area contributed by atoms with Crippen molar-refractivity contribution >= 4 is 11.8 Å². The minimum Gasteiger partial charge on any atom is -0.368 e. The van der Waals surface area contributed by atoms with Gasteiger partial charge in [-0.1, -0.05) is 19.1 Å². The predicted octanol–water partition coefficient (Wildman–Crippen LogP) is 0.888. The topological polar surface area (TPSA) is 96.0 Å². The smallest absolute Gasteiger partial charge is 0.240 e. The summed E-state index contributed by atoms with van der Waals surface area (Å²) in [6, 6.07) is 6.54. The van der Waals surface area contributed by atoms with Gasteiger partial charge in [0.1, 0.15) is 11.9 Å². The van der Waals surface area contributed by atoms with Crippen LogP contribution in [0.1, 0.15) is 18.9 Å². The van der Waals surface area contributed by atoms with Crippen LogP contribution in [0, 0.1) is 23.1 Å². The zero-order valence-corrected chi connectivity index (χ0v) is 11.1. The van der Waals surface area contributed by atoms with E-state index in [1.807, 2.05) is 6.07 Å². The number of nitrogens with zero attached hydrogens (tertiary/aromatic N) is 1. The molecule has 3 N–H and O–H groups in total. The molecule has 1 aromatic carbocycles. The van der Waals surface area contributed by atoms with Crippen LogP contribution in [0.15, 0.2) is 24.3 Å². The quantitative estimate of drug-likeness (QED) is 0.808. The third-order valence-corrected chi connectivity index (χ3v) is 2.88. The number of hydrogen-bond donors (Lipinski definition) is 2. The van der Waals surface area contributed by atoms with Gasteiger partial charge in [-0.25, -0.2) is 4.39 Å². The number of benzene rings is 1. The van der Waals surface area contributed by atoms with E-state index >= 15 is 0 Å². The highest BCUT2D eigenvalue weighted by molar-refractivity contribution is 5.87. The Labute approximate surface area is 116 Å². The number of rotatable bonds is 6. The van der Waals surface area contributed by atoms with Gasteiger partial charge in [-0.15, -0.1) is 0 Å². The standard InChI is InChI=1S/C14H16FN3O2/c1-9(6-7-16)13(14(17)20)18-12(19)8-10-2-4-11(15)5-3-10/h2-5,9,13H,6,8H2,1H3,(H2,17,20)(H,18,19)/t9-,13-/m0/s1. The first kappa shape index (κ1) is 15.6. The summed E-state index contributed by atoms with van der Waals surface area (Å²) in [5.41, 5.74) is 5.84. The number of hydrogen-bond acceptors (Lipinski definition) is 3. The molecular weight excluding hydrogens is 261 g/mol. The molecule has 0 fully saturated rings. The summed E-state index contributed by atoms with van der Waals surface area (Å²) in [5.74, 6) is -1.83. The lowest BCUT2D eigenvalue weighted by Gasteiger charge is -2.20. The summed E-state index contributed by atoms with van der Waals surface area (Å²) in [4.78, 5) is 23.1. The molecule has 2 amide bonds. The molecule has 0 bridgehead atoms. The van der Waals surface area contributed by atoms with Crippen molar-refractivity contribution in [1.82, 2.24) is 5.32 Å². The molecule has 0 aliphatic heterocycles. The molecule has 0 saturated heterocycles. The van der Waals surface area contributed by atoms with Crippen LogP contribution in [-0.4, -0.2) is 17.9 Å². The van der Waals surface area contributed by atoms with Crippen molar-refractivity contribution in [1.29, 1.82) is 5.26 Å². The molecule has 1 aromatic rings. The Hall–Kier alpha value is -2.42. The largest absolute Gasteiger partial charge is 0.368 e. The monoisotopic (exact) mass is 277 g/mol. The lowest BCUT2D eigenvalue weighted by Crippen LogP contribution is -2.48. The van der Waals surface area contributed by atoms with E-state index in [4.69, 9.17) is 11.0 Å². The van der Waals surface area contributed by atoms with Crippen LogP contribution in [0.2, 0.25) is 0 Å². The second kappa shape index (κ2) is 7.24. The Balaban J connectivity index is 2.65. The van der Waals surface area contributed by atoms with E-state index in [0.29, 0.717) is 5.56 Å². The van der Waals surface area contributed by atoms with Crippen molar-refractivity contribution in [2.45, 2.75) is 25.8 Å². The van der Waals surface area contributed by atoms with Crippen LogP contribution < -0.4 is 11.1 Å². The molecule has 6 heteroatoms. The fourth-order valence-corrected chi connectivity index (χ4v) is 1.77. The third kappa shape index (κ3) is 4.69. The molecule has 0 aliphatic carbocycles. The highest BCUT2D eigenvalue weighted by Gasteiger charge is 2.24. The molecule has 0 spiro atoms. The highest BCUT2D eigenvalue weighted by Crippen LogP contribution is 2.08. The van der Waals surface area contributed by atoms with Gasteiger partial charge in [0.2, 0.25) is 11.8 Å². The molecule has 1 rings (SSSR count). The summed E-state index contributed by atoms with van der Waals surface area (Å²) >= 11 is 0. The van der Waals surface area contributed by atoms with Crippen LogP contribution in [-0.2, 0) is 16.0 Å². The number of nitrogens with one attached hydrogen (secondary N) is 1. The Morgan fingerprint density at radius 2 is 2.00 bits per heavy atom. The molecule has 106 valence electrons. The zero-order chi connectivity index (χ0) is 15.1. The van der Waals surface area contributed by atoms with Gasteiger partial charge >= 0.3 is 0 Å². The van der Waals surface area contributed by atoms with Gasteiger partial charge in [-0.05, 0) is 23.6 Å². The van der Waals surface area contributed by atoms with E-state index in [1.54, 1.807) is 6.92 Å². The van der Waals surface area contributed by atoms with Gasteiger partial charge in [0, 0.05) is 6.42 Å². The van der Waals surface area contributed by atoms with Gasteiger partial charge in [0.15, 0.2) is 0 Å². The fraction of sp³-hybridized carbons (Fsp3) is 0.357. The zero-order valence-electron chi connectivity index (χ0n) is 11.1. The minimum atomic E-state index is -0.886. The molecule has 5 nitrogen and oxygen atoms in total. The number of nitriles is 1. The van der Waals surface area contributed by atoms with E-state index in [-0.39, 0.29) is 24.6 Å². The number of halogens is 1. The lowest BCUT2D eigenvalue weighted by molar-refractivity contribution is -0.128. The molecule has 0 unspecified atom stereocenters. The Bertz CT molecular complexity index is 522. The maximum absolute atomic E-state index is 12.7. The first-order valence-corrected chi connectivity index (χ1v) is 6.14. The summed E-state index contributed by atoms with van der Waals surface area (Å²) in [5, 5.41) is 11.1. The van der Waals surface area contributed by atoms with Crippen molar-refractivity contribution in [3.8, 4) is 6.07 Å². The van der Waals surface area contributed by atoms with Crippen molar-refractivity contribution in [2.75, 3.05) is 0 Å². The molecule has 0 saturated carbocycles. The van der Waals surface area contributed by atoms with Crippen LogP contribution in [0.4, 0.5) is 4.39 Å². The van der Waals surface area contributed by atoms with Gasteiger partial charge in [0.25, 0.3) is 0 Å². The number of nitrogens with two attached hydrogens (primary N) is 1. The normalized spacial score (nSPS) is 13.1. The first-order chi connectivity index (χ1) is 9.43. The maximum atomic E-state index is 12.7. The number of primary amides is 1. The first-order valence-electron chi connectivity index (χ1n) is 6.14. The number of carbonyl (C=O) groups excluding carboxylic acids is 2. The van der Waals surface area contributed by atoms with Crippen molar-refractivity contribution in [2.24, 2.45) is 11.7 Å². The van der Waals surface area contributed by atoms with Gasteiger partial charge in [-0.3, -0.25) is 9.59 Å². The van der Waals surface area contributed by atoms with Crippen LogP contribution >= 0.6 is 0 Å². The summed E-state index contributed by atoms with van der Waals surface area (Å²) in [7, 11) is 0. The lowest BCUT2D eigenvalue weighted by atomic mass is 9.98. The molecule has 0 aromatic heterocycles. The summed E-state index contributed by atoms with van der Waals surface area (Å²) in [6.45, 7) is 1.66. The van der Waals surface area contributed by atoms with Crippen molar-refractivity contribution < 1.29 is 14.0 Å². The average molecular weight is 277 g/mol. The molecule has 2 atom stereocenters. The van der Waals surface area contributed by atoms with E-state index in [2.05, 4.69) is 5.32 Å². The van der Waals surface area contributed by atoms with Crippen LogP contribution in [0.3, 0.4) is 0 Å². The highest BCUT2D eigenvalue weighted by atomic mass is 19.1. The van der Waals surface area contributed by atoms with E-state index in [9.17, 15) is 14.0 Å². The molecule has 0 aliphatic rings. The second-order valence-electron chi connectivity index (χ2n) is 4.59. The van der Waals surface area contributed by atoms with Crippen LogP contribution in [0.5, 0.6) is 0 Å². The predicted molar refractivity (Wildman–Crippen MR) is 70.6 cm³/mol. The third-order valence-electron chi connectivity index (χ3n) is 2.88. The Morgan fingerprint density at radius 3 is 2.50 bits per heavy atom. The molecule has 0 heterocycles. The van der Waals surface area contributed by atoms with Crippen molar-refractivity contribution in [3.05, 3.63) is 35.6 Å². The number of carbonyl (C=O) groups is 2. The van der Waals surface area contributed by atoms with Gasteiger partial charge in [0.05, 0.1) is 12.5 Å². The van der Waals surface area contributed by atoms with E-state index in [0.717, 1.165) is 0 Å². The summed E-state index contributed by atoms with van der Waals surface area (Å²) in [6.07, 6.45) is 0.133.